The Bertz CT molecular complexity index is 2090. The van der Waals surface area contributed by atoms with Crippen molar-refractivity contribution in [1.29, 1.82) is 0 Å². The van der Waals surface area contributed by atoms with Crippen LogP contribution in [0.25, 0.3) is 10.2 Å². The third-order valence-corrected chi connectivity index (χ3v) is 9.96. The summed E-state index contributed by atoms with van der Waals surface area (Å²) in [6, 6.07) is 28.1. The molecule has 0 spiro atoms. The Kier molecular flexibility index (Phi) is 19.1. The first-order chi connectivity index (χ1) is 29.4. The quantitative estimate of drug-likeness (QED) is 0.0123. The van der Waals surface area contributed by atoms with E-state index in [4.69, 9.17) is 33.6 Å². The molecule has 0 amide bonds. The molecule has 316 valence electrons. The number of fused-ring (bicyclic) bond motifs is 1. The summed E-state index contributed by atoms with van der Waals surface area (Å²) >= 11 is 1.48. The van der Waals surface area contributed by atoms with Crippen molar-refractivity contribution >= 4 is 44.8 Å². The molecule has 5 aromatic rings. The largest absolute Gasteiger partial charge is 0.494 e. The molecular formula is C46H51N3O10S. The van der Waals surface area contributed by atoms with Crippen molar-refractivity contribution in [3.05, 3.63) is 139 Å². The number of para-hydroxylation sites is 1. The van der Waals surface area contributed by atoms with Gasteiger partial charge in [0.15, 0.2) is 5.75 Å². The highest BCUT2D eigenvalue weighted by atomic mass is 32.1. The highest BCUT2D eigenvalue weighted by Gasteiger charge is 2.18. The average molecular weight is 838 g/mol. The molecule has 4 aromatic carbocycles. The summed E-state index contributed by atoms with van der Waals surface area (Å²) in [6.45, 7) is 8.87. The Hall–Kier alpha value is -6.06. The Morgan fingerprint density at radius 2 is 1.32 bits per heavy atom. The molecule has 5 rings (SSSR count). The van der Waals surface area contributed by atoms with E-state index in [1.54, 1.807) is 24.4 Å². The van der Waals surface area contributed by atoms with Crippen molar-refractivity contribution < 1.29 is 48.5 Å². The van der Waals surface area contributed by atoms with Crippen molar-refractivity contribution in [2.24, 2.45) is 5.10 Å². The number of carbonyl (C=O) groups excluding carboxylic acids is 2. The number of anilines is 1. The second-order valence-corrected chi connectivity index (χ2v) is 14.5. The molecule has 1 heterocycles. The first-order valence-electron chi connectivity index (χ1n) is 19.9. The molecular weight excluding hydrogens is 787 g/mol. The molecule has 1 atom stereocenters. The number of unbranched alkanes of at least 4 members (excludes halogenated alkanes) is 6. The monoisotopic (exact) mass is 837 g/mol. The van der Waals surface area contributed by atoms with Crippen LogP contribution < -0.4 is 19.8 Å². The molecule has 0 aliphatic rings. The van der Waals surface area contributed by atoms with Gasteiger partial charge in [0.1, 0.15) is 24.2 Å². The summed E-state index contributed by atoms with van der Waals surface area (Å²) in [7, 11) is 0. The number of rotatable bonds is 28. The number of aromatic nitrogens is 1. The number of hydrogen-bond donors (Lipinski definition) is 2. The van der Waals surface area contributed by atoms with Crippen LogP contribution in [0.2, 0.25) is 0 Å². The van der Waals surface area contributed by atoms with E-state index in [1.165, 1.54) is 17.4 Å². The fraction of sp³-hybridized carbons (Fsp3) is 0.304. The van der Waals surface area contributed by atoms with E-state index < -0.39 is 18.0 Å². The van der Waals surface area contributed by atoms with Crippen molar-refractivity contribution in [3.63, 3.8) is 0 Å². The Morgan fingerprint density at radius 3 is 1.92 bits per heavy atom. The van der Waals surface area contributed by atoms with Crippen molar-refractivity contribution in [2.75, 3.05) is 31.9 Å². The second-order valence-electron chi connectivity index (χ2n) is 13.5. The lowest BCUT2D eigenvalue weighted by atomic mass is 9.99. The van der Waals surface area contributed by atoms with Crippen LogP contribution in [0.3, 0.4) is 0 Å². The third-order valence-electron chi connectivity index (χ3n) is 9.02. The van der Waals surface area contributed by atoms with Crippen LogP contribution in [0.4, 0.5) is 5.13 Å². The highest BCUT2D eigenvalue weighted by Crippen LogP contribution is 2.31. The molecule has 0 aliphatic carbocycles. The maximum Gasteiger partial charge on any atom is 0.330 e. The number of benzene rings is 4. The minimum atomic E-state index is -0.816. The molecule has 0 radical (unpaired) electrons. The fourth-order valence-electron chi connectivity index (χ4n) is 5.84. The van der Waals surface area contributed by atoms with E-state index in [0.717, 1.165) is 79.0 Å². The standard InChI is InChI=1S/C46H51N3O10S/c1-3-43(50)55-29-13-7-5-11-27-53-38-22-17-34(18-23-38)33-57-59-41-26-21-36(31-37(41)32-47-49-46-48-40-15-9-10-16-42(40)60-46)45(58-52)35-19-24-39(25-20-35)54-28-12-6-8-14-30-56-44(51)4-2/h3-4,9-10,15-26,31-32,45,52H,1-2,5-8,11-14,27-30,33H2,(H,48,49)/b47-32+. The molecule has 1 unspecified atom stereocenters. The van der Waals surface area contributed by atoms with Crippen LogP contribution >= 0.6 is 11.3 Å². The Balaban J connectivity index is 1.15. The number of hydrazone groups is 1. The maximum absolute atomic E-state index is 11.1. The van der Waals surface area contributed by atoms with Crippen LogP contribution in [0, 0.1) is 0 Å². The molecule has 0 saturated heterocycles. The summed E-state index contributed by atoms with van der Waals surface area (Å²) in [5.74, 6) is 1.05. The summed E-state index contributed by atoms with van der Waals surface area (Å²) in [4.78, 5) is 43.3. The van der Waals surface area contributed by atoms with E-state index in [2.05, 4.69) is 28.7 Å². The van der Waals surface area contributed by atoms with E-state index in [0.29, 0.717) is 59.7 Å². The van der Waals surface area contributed by atoms with Crippen molar-refractivity contribution in [2.45, 2.75) is 64.1 Å². The van der Waals surface area contributed by atoms with Crippen molar-refractivity contribution in [3.8, 4) is 17.2 Å². The van der Waals surface area contributed by atoms with E-state index in [9.17, 15) is 14.8 Å². The van der Waals surface area contributed by atoms with Crippen LogP contribution in [0.1, 0.15) is 79.7 Å². The minimum Gasteiger partial charge on any atom is -0.494 e. The molecule has 13 nitrogen and oxygen atoms in total. The van der Waals surface area contributed by atoms with E-state index in [-0.39, 0.29) is 6.61 Å². The molecule has 0 bridgehead atoms. The molecule has 60 heavy (non-hydrogen) atoms. The molecule has 0 aliphatic heterocycles. The van der Waals surface area contributed by atoms with Gasteiger partial charge >= 0.3 is 11.9 Å². The van der Waals surface area contributed by atoms with Gasteiger partial charge in [-0.3, -0.25) is 10.7 Å². The molecule has 2 N–H and O–H groups in total. The zero-order valence-corrected chi connectivity index (χ0v) is 34.3. The number of ether oxygens (including phenoxy) is 4. The number of esters is 2. The average Bonchev–Trinajstić information content (AvgIpc) is 3.70. The lowest BCUT2D eigenvalue weighted by Crippen LogP contribution is -2.07. The number of carbonyl (C=O) groups is 2. The normalized spacial score (nSPS) is 11.6. The van der Waals surface area contributed by atoms with E-state index >= 15 is 0 Å². The number of hydrogen-bond acceptors (Lipinski definition) is 14. The van der Waals surface area contributed by atoms with Gasteiger partial charge in [-0.05, 0) is 117 Å². The van der Waals surface area contributed by atoms with Gasteiger partial charge in [-0.25, -0.2) is 19.5 Å². The third kappa shape index (κ3) is 15.3. The van der Waals surface area contributed by atoms with Gasteiger partial charge in [0.2, 0.25) is 5.13 Å². The highest BCUT2D eigenvalue weighted by molar-refractivity contribution is 7.22. The van der Waals surface area contributed by atoms with Gasteiger partial charge in [0.25, 0.3) is 0 Å². The SMILES string of the molecule is C=CC(=O)OCCCCCCOc1ccc(COOc2ccc(C(OO)c3ccc(OCCCCCCOC(=O)C=C)cc3)cc2/C=N/Nc2nc3ccccc3s2)cc1. The summed E-state index contributed by atoms with van der Waals surface area (Å²) in [5, 5.41) is 15.1. The van der Waals surface area contributed by atoms with Gasteiger partial charge < -0.3 is 23.8 Å². The molecule has 0 saturated carbocycles. The Labute approximate surface area is 354 Å². The molecule has 0 fully saturated rings. The predicted octanol–water partition coefficient (Wildman–Crippen LogP) is 10.2. The number of nitrogens with zero attached hydrogens (tertiary/aromatic N) is 2. The predicted molar refractivity (Wildman–Crippen MR) is 231 cm³/mol. The lowest BCUT2D eigenvalue weighted by molar-refractivity contribution is -0.270. The van der Waals surface area contributed by atoms with Gasteiger partial charge in [0.05, 0.1) is 42.9 Å². The topological polar surface area (TPSA) is 156 Å². The smallest absolute Gasteiger partial charge is 0.330 e. The van der Waals surface area contributed by atoms with Gasteiger partial charge in [-0.1, -0.05) is 67.0 Å². The van der Waals surface area contributed by atoms with Crippen molar-refractivity contribution in [1.82, 2.24) is 4.98 Å². The minimum absolute atomic E-state index is 0.170. The summed E-state index contributed by atoms with van der Waals surface area (Å²) < 4.78 is 22.8. The zero-order valence-electron chi connectivity index (χ0n) is 33.5. The van der Waals surface area contributed by atoms with Gasteiger partial charge in [-0.15, -0.1) is 0 Å². The van der Waals surface area contributed by atoms with Crippen LogP contribution in [-0.2, 0) is 35.4 Å². The number of thiazole rings is 1. The second kappa shape index (κ2) is 25.4. The lowest BCUT2D eigenvalue weighted by Gasteiger charge is -2.17. The zero-order chi connectivity index (χ0) is 42.2. The first-order valence-corrected chi connectivity index (χ1v) is 20.7. The summed E-state index contributed by atoms with van der Waals surface area (Å²) in [6.07, 6.45) is 10.3. The van der Waals surface area contributed by atoms with Crippen LogP contribution in [0.15, 0.2) is 121 Å². The van der Waals surface area contributed by atoms with Crippen LogP contribution in [-0.4, -0.2) is 54.8 Å². The molecule has 1 aromatic heterocycles. The Morgan fingerprint density at radius 1 is 0.733 bits per heavy atom. The van der Waals surface area contributed by atoms with Gasteiger partial charge in [0, 0.05) is 17.7 Å². The van der Waals surface area contributed by atoms with Crippen LogP contribution in [0.5, 0.6) is 17.2 Å². The molecule has 14 heteroatoms. The summed E-state index contributed by atoms with van der Waals surface area (Å²) in [5.41, 5.74) is 6.66. The maximum atomic E-state index is 11.1. The fourth-order valence-corrected chi connectivity index (χ4v) is 6.65. The number of nitrogens with one attached hydrogen (secondary N) is 1. The van der Waals surface area contributed by atoms with Gasteiger partial charge in [-0.2, -0.15) is 9.99 Å². The first kappa shape index (κ1) is 45.0. The van der Waals surface area contributed by atoms with E-state index in [1.807, 2.05) is 72.8 Å².